The zero-order chi connectivity index (χ0) is 12.8. The molecule has 102 valence electrons. The van der Waals surface area contributed by atoms with Crippen LogP contribution in [0.5, 0.6) is 0 Å². The summed E-state index contributed by atoms with van der Waals surface area (Å²) in [5, 5.41) is 0. The first-order valence-corrected chi connectivity index (χ1v) is 8.39. The summed E-state index contributed by atoms with van der Waals surface area (Å²) in [4.78, 5) is 0. The molecule has 0 spiro atoms. The summed E-state index contributed by atoms with van der Waals surface area (Å²) in [5.74, 6) is -0.0826. The zero-order valence-corrected chi connectivity index (χ0v) is 11.7. The molecule has 0 saturated carbocycles. The molecule has 1 fully saturated rings. The molecule has 0 atom stereocenters. The molecular formula is C12H26NO3S+. The number of likely N-dealkylation sites (tertiary alicyclic amines) is 1. The first kappa shape index (κ1) is 14.9. The molecule has 0 aromatic carbocycles. The van der Waals surface area contributed by atoms with Crippen LogP contribution in [0, 0.1) is 0 Å². The summed E-state index contributed by atoms with van der Waals surface area (Å²) in [6.45, 7) is 7.04. The standard InChI is InChI=1S/C12H25NO3S/c1-2-3-8-13(9-4-5-10-13)11-6-7-12-17(14,15)16/h2-12H2,1H3/p+1. The third-order valence-corrected chi connectivity index (χ3v) is 4.59. The predicted octanol–water partition coefficient (Wildman–Crippen LogP) is 2.07. The van der Waals surface area contributed by atoms with Crippen molar-refractivity contribution in [2.24, 2.45) is 0 Å². The molecule has 0 unspecified atom stereocenters. The van der Waals surface area contributed by atoms with E-state index in [2.05, 4.69) is 6.92 Å². The van der Waals surface area contributed by atoms with Crippen LogP contribution >= 0.6 is 0 Å². The van der Waals surface area contributed by atoms with E-state index in [1.807, 2.05) is 0 Å². The highest BCUT2D eigenvalue weighted by atomic mass is 32.2. The monoisotopic (exact) mass is 264 g/mol. The molecule has 1 aliphatic rings. The van der Waals surface area contributed by atoms with E-state index in [1.54, 1.807) is 0 Å². The number of unbranched alkanes of at least 4 members (excludes halogenated alkanes) is 2. The van der Waals surface area contributed by atoms with E-state index in [4.69, 9.17) is 4.55 Å². The first-order valence-electron chi connectivity index (χ1n) is 6.78. The highest BCUT2D eigenvalue weighted by molar-refractivity contribution is 7.85. The molecule has 0 bridgehead atoms. The largest absolute Gasteiger partial charge is 0.324 e. The second-order valence-corrected chi connectivity index (χ2v) is 6.86. The van der Waals surface area contributed by atoms with E-state index in [9.17, 15) is 8.42 Å². The quantitative estimate of drug-likeness (QED) is 0.415. The molecule has 1 rings (SSSR count). The fourth-order valence-electron chi connectivity index (χ4n) is 2.79. The Bertz CT molecular complexity index is 308. The zero-order valence-electron chi connectivity index (χ0n) is 10.9. The van der Waals surface area contributed by atoms with Crippen LogP contribution in [0.25, 0.3) is 0 Å². The van der Waals surface area contributed by atoms with Gasteiger partial charge in [0.1, 0.15) is 0 Å². The van der Waals surface area contributed by atoms with Gasteiger partial charge in [-0.15, -0.1) is 0 Å². The van der Waals surface area contributed by atoms with Crippen molar-refractivity contribution in [3.05, 3.63) is 0 Å². The molecule has 1 aliphatic heterocycles. The van der Waals surface area contributed by atoms with Crippen molar-refractivity contribution in [2.45, 2.75) is 45.4 Å². The molecule has 0 aromatic rings. The minimum Gasteiger partial charge on any atom is -0.324 e. The summed E-state index contributed by atoms with van der Waals surface area (Å²) in [6, 6.07) is 0. The van der Waals surface area contributed by atoms with E-state index >= 15 is 0 Å². The summed E-state index contributed by atoms with van der Waals surface area (Å²) >= 11 is 0. The minimum atomic E-state index is -3.76. The lowest BCUT2D eigenvalue weighted by Gasteiger charge is -2.34. The maximum atomic E-state index is 10.6. The molecule has 0 radical (unpaired) electrons. The summed E-state index contributed by atoms with van der Waals surface area (Å²) in [6.07, 6.45) is 6.60. The Morgan fingerprint density at radius 1 is 1.06 bits per heavy atom. The lowest BCUT2D eigenvalue weighted by molar-refractivity contribution is -0.917. The maximum absolute atomic E-state index is 10.6. The van der Waals surface area contributed by atoms with E-state index in [0.29, 0.717) is 6.42 Å². The van der Waals surface area contributed by atoms with Crippen LogP contribution in [-0.4, -0.2) is 49.4 Å². The third-order valence-electron chi connectivity index (χ3n) is 3.79. The van der Waals surface area contributed by atoms with Gasteiger partial charge in [-0.2, -0.15) is 8.42 Å². The number of quaternary nitrogens is 1. The predicted molar refractivity (Wildman–Crippen MR) is 69.5 cm³/mol. The van der Waals surface area contributed by atoms with Crippen LogP contribution in [0.4, 0.5) is 0 Å². The molecule has 5 heteroatoms. The summed E-state index contributed by atoms with van der Waals surface area (Å²) in [5.41, 5.74) is 0. The van der Waals surface area contributed by atoms with Gasteiger partial charge in [0, 0.05) is 12.8 Å². The Balaban J connectivity index is 2.30. The van der Waals surface area contributed by atoms with Gasteiger partial charge in [0.15, 0.2) is 0 Å². The fourth-order valence-corrected chi connectivity index (χ4v) is 3.36. The van der Waals surface area contributed by atoms with Gasteiger partial charge in [-0.05, 0) is 19.3 Å². The highest BCUT2D eigenvalue weighted by Gasteiger charge is 2.30. The topological polar surface area (TPSA) is 54.4 Å². The Kier molecular flexibility index (Phi) is 5.89. The van der Waals surface area contributed by atoms with Gasteiger partial charge in [0.2, 0.25) is 0 Å². The van der Waals surface area contributed by atoms with Crippen LogP contribution in [-0.2, 0) is 10.1 Å². The van der Waals surface area contributed by atoms with E-state index in [1.165, 1.54) is 49.8 Å². The van der Waals surface area contributed by atoms with Crippen LogP contribution in [0.1, 0.15) is 45.4 Å². The Morgan fingerprint density at radius 2 is 1.65 bits per heavy atom. The SMILES string of the molecule is CCCC[N+]1(CCCCS(=O)(=O)O)CCCC1. The molecule has 1 heterocycles. The van der Waals surface area contributed by atoms with Crippen molar-refractivity contribution in [1.29, 1.82) is 0 Å². The van der Waals surface area contributed by atoms with Crippen molar-refractivity contribution in [3.8, 4) is 0 Å². The molecule has 1 N–H and O–H groups in total. The van der Waals surface area contributed by atoms with Crippen LogP contribution in [0.3, 0.4) is 0 Å². The highest BCUT2D eigenvalue weighted by Crippen LogP contribution is 2.21. The van der Waals surface area contributed by atoms with Gasteiger partial charge in [0.05, 0.1) is 31.9 Å². The van der Waals surface area contributed by atoms with E-state index in [0.717, 1.165) is 13.0 Å². The van der Waals surface area contributed by atoms with Gasteiger partial charge in [-0.3, -0.25) is 4.55 Å². The van der Waals surface area contributed by atoms with Crippen molar-refractivity contribution in [3.63, 3.8) is 0 Å². The molecule has 0 aromatic heterocycles. The second-order valence-electron chi connectivity index (χ2n) is 5.29. The van der Waals surface area contributed by atoms with Gasteiger partial charge >= 0.3 is 0 Å². The average molecular weight is 264 g/mol. The van der Waals surface area contributed by atoms with Crippen molar-refractivity contribution < 1.29 is 17.5 Å². The van der Waals surface area contributed by atoms with Gasteiger partial charge in [-0.25, -0.2) is 0 Å². The minimum absolute atomic E-state index is 0.0826. The molecule has 0 amide bonds. The molecular weight excluding hydrogens is 238 g/mol. The Labute approximate surface area is 105 Å². The third kappa shape index (κ3) is 5.84. The smallest absolute Gasteiger partial charge is 0.264 e. The number of hydrogen-bond donors (Lipinski definition) is 1. The normalized spacial score (nSPS) is 19.6. The second kappa shape index (κ2) is 6.71. The number of nitrogens with zero attached hydrogens (tertiary/aromatic N) is 1. The average Bonchev–Trinajstić information content (AvgIpc) is 2.70. The summed E-state index contributed by atoms with van der Waals surface area (Å²) in [7, 11) is -3.76. The van der Waals surface area contributed by atoms with E-state index < -0.39 is 10.1 Å². The van der Waals surface area contributed by atoms with Crippen LogP contribution in [0.2, 0.25) is 0 Å². The van der Waals surface area contributed by atoms with Crippen molar-refractivity contribution in [1.82, 2.24) is 0 Å². The summed E-state index contributed by atoms with van der Waals surface area (Å²) < 4.78 is 31.1. The molecule has 17 heavy (non-hydrogen) atoms. The molecule has 4 nitrogen and oxygen atoms in total. The molecule has 0 aliphatic carbocycles. The van der Waals surface area contributed by atoms with Crippen molar-refractivity contribution >= 4 is 10.1 Å². The van der Waals surface area contributed by atoms with Crippen molar-refractivity contribution in [2.75, 3.05) is 31.9 Å². The van der Waals surface area contributed by atoms with Gasteiger partial charge in [-0.1, -0.05) is 13.3 Å². The lowest BCUT2D eigenvalue weighted by Crippen LogP contribution is -2.46. The van der Waals surface area contributed by atoms with E-state index in [-0.39, 0.29) is 5.75 Å². The lowest BCUT2D eigenvalue weighted by atomic mass is 10.2. The van der Waals surface area contributed by atoms with Gasteiger partial charge < -0.3 is 4.48 Å². The van der Waals surface area contributed by atoms with Crippen LogP contribution in [0.15, 0.2) is 0 Å². The van der Waals surface area contributed by atoms with Gasteiger partial charge in [0.25, 0.3) is 10.1 Å². The first-order chi connectivity index (χ1) is 7.97. The number of rotatable bonds is 8. The molecule has 1 saturated heterocycles. The Morgan fingerprint density at radius 3 is 2.18 bits per heavy atom. The Hall–Kier alpha value is -0.130. The number of hydrogen-bond acceptors (Lipinski definition) is 2. The maximum Gasteiger partial charge on any atom is 0.264 e. The fraction of sp³-hybridized carbons (Fsp3) is 1.00. The van der Waals surface area contributed by atoms with Crippen LogP contribution < -0.4 is 0 Å².